The quantitative estimate of drug-likeness (QED) is 0.711. The number of piperidine rings is 1. The molecule has 1 saturated heterocycles. The molecular weight excluding hydrogens is 190 g/mol. The van der Waals surface area contributed by atoms with Gasteiger partial charge in [0.15, 0.2) is 0 Å². The summed E-state index contributed by atoms with van der Waals surface area (Å²) in [5.41, 5.74) is 0. The maximum absolute atomic E-state index is 10.6. The van der Waals surface area contributed by atoms with Gasteiger partial charge in [0, 0.05) is 6.42 Å². The van der Waals surface area contributed by atoms with Crippen LogP contribution in [0.1, 0.15) is 19.3 Å². The van der Waals surface area contributed by atoms with E-state index in [9.17, 15) is 4.79 Å². The van der Waals surface area contributed by atoms with Gasteiger partial charge in [-0.05, 0) is 43.7 Å². The molecule has 2 bridgehead atoms. The second-order valence-electron chi connectivity index (χ2n) is 4.02. The van der Waals surface area contributed by atoms with Crippen LogP contribution in [0.5, 0.6) is 0 Å². The molecule has 1 heterocycles. The van der Waals surface area contributed by atoms with Gasteiger partial charge in [-0.1, -0.05) is 0 Å². The Morgan fingerprint density at radius 2 is 1.85 bits per heavy atom. The van der Waals surface area contributed by atoms with Crippen molar-refractivity contribution in [2.75, 3.05) is 13.1 Å². The third kappa shape index (κ3) is 2.15. The van der Waals surface area contributed by atoms with E-state index in [1.807, 2.05) is 0 Å². The van der Waals surface area contributed by atoms with Crippen LogP contribution in [0.25, 0.3) is 0 Å². The zero-order valence-electron chi connectivity index (χ0n) is 7.53. The summed E-state index contributed by atoms with van der Waals surface area (Å²) in [6.07, 6.45) is 2.85. The lowest BCUT2D eigenvalue weighted by molar-refractivity contribution is -0.138. The molecule has 0 aromatic heterocycles. The van der Waals surface area contributed by atoms with E-state index in [1.165, 1.54) is 12.8 Å². The van der Waals surface area contributed by atoms with Gasteiger partial charge in [0.25, 0.3) is 0 Å². The van der Waals surface area contributed by atoms with Crippen molar-refractivity contribution in [1.29, 1.82) is 0 Å². The Bertz CT molecular complexity index is 182. The van der Waals surface area contributed by atoms with Gasteiger partial charge < -0.3 is 10.4 Å². The van der Waals surface area contributed by atoms with Gasteiger partial charge in [-0.25, -0.2) is 0 Å². The Kier molecular flexibility index (Phi) is 3.56. The topological polar surface area (TPSA) is 49.3 Å². The van der Waals surface area contributed by atoms with Crippen molar-refractivity contribution in [3.63, 3.8) is 0 Å². The summed E-state index contributed by atoms with van der Waals surface area (Å²) in [6, 6.07) is 0. The lowest BCUT2D eigenvalue weighted by Gasteiger charge is -2.29. The van der Waals surface area contributed by atoms with Crippen LogP contribution in [0.2, 0.25) is 0 Å². The Balaban J connectivity index is 0.000000845. The molecule has 0 aromatic rings. The van der Waals surface area contributed by atoms with Crippen LogP contribution in [-0.2, 0) is 4.79 Å². The number of hydrogen-bond acceptors (Lipinski definition) is 2. The van der Waals surface area contributed by atoms with E-state index in [0.717, 1.165) is 13.1 Å². The Morgan fingerprint density at radius 3 is 2.31 bits per heavy atom. The number of fused-ring (bicyclic) bond motifs is 2. The minimum Gasteiger partial charge on any atom is -0.481 e. The van der Waals surface area contributed by atoms with E-state index in [4.69, 9.17) is 5.11 Å². The van der Waals surface area contributed by atoms with Crippen molar-refractivity contribution in [1.82, 2.24) is 5.32 Å². The van der Waals surface area contributed by atoms with Gasteiger partial charge in [-0.3, -0.25) is 4.79 Å². The summed E-state index contributed by atoms with van der Waals surface area (Å²) in [6.45, 7) is 2.07. The van der Waals surface area contributed by atoms with Crippen LogP contribution in [0.3, 0.4) is 0 Å². The van der Waals surface area contributed by atoms with Gasteiger partial charge in [0.2, 0.25) is 0 Å². The van der Waals surface area contributed by atoms with Gasteiger partial charge in [-0.15, -0.1) is 12.4 Å². The van der Waals surface area contributed by atoms with Crippen molar-refractivity contribution in [2.24, 2.45) is 17.8 Å². The lowest BCUT2D eigenvalue weighted by atomic mass is 9.84. The molecule has 2 unspecified atom stereocenters. The standard InChI is InChI=1S/C9H15NO2.ClH/c11-9(12)3-8-6-1-2-7(8)5-10-4-6;/h6-8,10H,1-5H2,(H,11,12);1H. The number of nitrogens with one attached hydrogen (secondary N) is 1. The Morgan fingerprint density at radius 1 is 1.31 bits per heavy atom. The smallest absolute Gasteiger partial charge is 0.303 e. The zero-order valence-corrected chi connectivity index (χ0v) is 8.35. The largest absolute Gasteiger partial charge is 0.481 e. The lowest BCUT2D eigenvalue weighted by Crippen LogP contribution is -2.38. The summed E-state index contributed by atoms with van der Waals surface area (Å²) in [5.74, 6) is 1.11. The Labute approximate surface area is 84.3 Å². The second kappa shape index (κ2) is 4.29. The van der Waals surface area contributed by atoms with E-state index in [0.29, 0.717) is 24.2 Å². The summed E-state index contributed by atoms with van der Waals surface area (Å²) in [7, 11) is 0. The predicted octanol–water partition coefficient (Wildman–Crippen LogP) is 1.13. The van der Waals surface area contributed by atoms with Crippen LogP contribution in [0.4, 0.5) is 0 Å². The molecule has 76 valence electrons. The molecule has 2 rings (SSSR count). The monoisotopic (exact) mass is 205 g/mol. The van der Waals surface area contributed by atoms with Gasteiger partial charge in [0.1, 0.15) is 0 Å². The average Bonchev–Trinajstić information content (AvgIpc) is 2.30. The van der Waals surface area contributed by atoms with Gasteiger partial charge in [0.05, 0.1) is 0 Å². The van der Waals surface area contributed by atoms with Crippen molar-refractivity contribution in [3.8, 4) is 0 Å². The maximum Gasteiger partial charge on any atom is 0.303 e. The third-order valence-corrected chi connectivity index (χ3v) is 3.34. The number of carbonyl (C=O) groups is 1. The van der Waals surface area contributed by atoms with Crippen molar-refractivity contribution < 1.29 is 9.90 Å². The summed E-state index contributed by atoms with van der Waals surface area (Å²) in [5, 5.41) is 12.1. The maximum atomic E-state index is 10.6. The first-order chi connectivity index (χ1) is 5.77. The fourth-order valence-electron chi connectivity index (χ4n) is 2.74. The molecule has 4 heteroatoms. The highest BCUT2D eigenvalue weighted by molar-refractivity contribution is 5.85. The van der Waals surface area contributed by atoms with Gasteiger partial charge in [-0.2, -0.15) is 0 Å². The molecule has 13 heavy (non-hydrogen) atoms. The molecule has 2 aliphatic rings. The first-order valence-corrected chi connectivity index (χ1v) is 4.70. The van der Waals surface area contributed by atoms with E-state index in [2.05, 4.69) is 5.32 Å². The number of aliphatic carboxylic acids is 1. The molecule has 1 saturated carbocycles. The zero-order chi connectivity index (χ0) is 8.55. The van der Waals surface area contributed by atoms with Crippen molar-refractivity contribution >= 4 is 18.4 Å². The van der Waals surface area contributed by atoms with E-state index in [1.54, 1.807) is 0 Å². The van der Waals surface area contributed by atoms with Crippen molar-refractivity contribution in [2.45, 2.75) is 19.3 Å². The summed E-state index contributed by atoms with van der Waals surface area (Å²) < 4.78 is 0. The molecule has 0 spiro atoms. The van der Waals surface area contributed by atoms with Crippen LogP contribution >= 0.6 is 12.4 Å². The normalized spacial score (nSPS) is 36.8. The van der Waals surface area contributed by atoms with E-state index >= 15 is 0 Å². The average molecular weight is 206 g/mol. The molecule has 2 N–H and O–H groups in total. The van der Waals surface area contributed by atoms with Gasteiger partial charge >= 0.3 is 5.97 Å². The number of halogens is 1. The van der Waals surface area contributed by atoms with Crippen LogP contribution in [-0.4, -0.2) is 24.2 Å². The molecule has 3 nitrogen and oxygen atoms in total. The summed E-state index contributed by atoms with van der Waals surface area (Å²) in [4.78, 5) is 10.6. The van der Waals surface area contributed by atoms with Crippen LogP contribution in [0, 0.1) is 17.8 Å². The SMILES string of the molecule is Cl.O=C(O)CC1C2CCC1CNC2. The van der Waals surface area contributed by atoms with E-state index < -0.39 is 5.97 Å². The highest BCUT2D eigenvalue weighted by Crippen LogP contribution is 2.40. The fraction of sp³-hybridized carbons (Fsp3) is 0.889. The number of rotatable bonds is 2. The molecule has 0 aromatic carbocycles. The molecule has 2 fully saturated rings. The third-order valence-electron chi connectivity index (χ3n) is 3.34. The summed E-state index contributed by atoms with van der Waals surface area (Å²) >= 11 is 0. The highest BCUT2D eigenvalue weighted by Gasteiger charge is 2.39. The second-order valence-corrected chi connectivity index (χ2v) is 4.02. The minimum absolute atomic E-state index is 0. The first kappa shape index (κ1) is 10.8. The fourth-order valence-corrected chi connectivity index (χ4v) is 2.74. The molecule has 1 aliphatic carbocycles. The number of carboxylic acid groups (broad SMARTS) is 1. The Hall–Kier alpha value is -0.280. The molecule has 1 aliphatic heterocycles. The minimum atomic E-state index is -0.626. The first-order valence-electron chi connectivity index (χ1n) is 4.70. The number of carboxylic acids is 1. The number of hydrogen-bond donors (Lipinski definition) is 2. The van der Waals surface area contributed by atoms with Crippen LogP contribution in [0.15, 0.2) is 0 Å². The van der Waals surface area contributed by atoms with Crippen molar-refractivity contribution in [3.05, 3.63) is 0 Å². The molecule has 0 radical (unpaired) electrons. The van der Waals surface area contributed by atoms with E-state index in [-0.39, 0.29) is 12.4 Å². The molecular formula is C9H16ClNO2. The predicted molar refractivity (Wildman–Crippen MR) is 52.1 cm³/mol. The van der Waals surface area contributed by atoms with Crippen LogP contribution < -0.4 is 5.32 Å². The molecule has 0 amide bonds. The highest BCUT2D eigenvalue weighted by atomic mass is 35.5. The molecule has 2 atom stereocenters.